The van der Waals surface area contributed by atoms with Gasteiger partial charge in [-0.3, -0.25) is 4.79 Å². The van der Waals surface area contributed by atoms with Crippen LogP contribution in [-0.2, 0) is 0 Å². The highest BCUT2D eigenvalue weighted by Gasteiger charge is 2.11. The second kappa shape index (κ2) is 8.86. The first kappa shape index (κ1) is 17.7. The summed E-state index contributed by atoms with van der Waals surface area (Å²) in [6, 6.07) is 7.43. The van der Waals surface area contributed by atoms with Gasteiger partial charge in [0.05, 0.1) is 10.7 Å². The Kier molecular flexibility index (Phi) is 6.83. The molecule has 0 fully saturated rings. The van der Waals surface area contributed by atoms with Crippen LogP contribution in [-0.4, -0.2) is 42.0 Å². The molecule has 23 heavy (non-hydrogen) atoms. The van der Waals surface area contributed by atoms with Crippen LogP contribution < -0.4 is 10.6 Å². The summed E-state index contributed by atoms with van der Waals surface area (Å²) in [4.78, 5) is 18.7. The first-order chi connectivity index (χ1) is 11.1. The molecule has 0 radical (unpaired) electrons. The van der Waals surface area contributed by atoms with Crippen LogP contribution in [0.15, 0.2) is 29.6 Å². The van der Waals surface area contributed by atoms with Gasteiger partial charge in [0.2, 0.25) is 0 Å². The van der Waals surface area contributed by atoms with E-state index in [9.17, 15) is 4.79 Å². The van der Waals surface area contributed by atoms with Crippen LogP contribution >= 0.6 is 22.9 Å². The molecular weight excluding hydrogens is 332 g/mol. The van der Waals surface area contributed by atoms with Crippen molar-refractivity contribution in [3.8, 4) is 0 Å². The minimum absolute atomic E-state index is 0.152. The average Bonchev–Trinajstić information content (AvgIpc) is 3.02. The van der Waals surface area contributed by atoms with E-state index in [1.54, 1.807) is 11.4 Å². The molecule has 7 heteroatoms. The Morgan fingerprint density at radius 1 is 1.30 bits per heavy atom. The molecule has 124 valence electrons. The number of likely N-dealkylation sites (N-methyl/N-ethyl adjacent to an activating group) is 1. The van der Waals surface area contributed by atoms with Crippen molar-refractivity contribution in [3.05, 3.63) is 40.4 Å². The lowest BCUT2D eigenvalue weighted by atomic mass is 10.3. The van der Waals surface area contributed by atoms with Crippen molar-refractivity contribution >= 4 is 39.7 Å². The molecule has 0 spiro atoms. The van der Waals surface area contributed by atoms with Gasteiger partial charge in [-0.1, -0.05) is 37.6 Å². The van der Waals surface area contributed by atoms with E-state index < -0.39 is 0 Å². The molecule has 0 atom stereocenters. The number of halogens is 1. The zero-order chi connectivity index (χ0) is 16.7. The normalized spacial score (nSPS) is 10.8. The molecule has 0 aliphatic carbocycles. The van der Waals surface area contributed by atoms with Gasteiger partial charge in [0, 0.05) is 18.5 Å². The number of amides is 1. The van der Waals surface area contributed by atoms with Crippen LogP contribution in [0.1, 0.15) is 24.3 Å². The standard InChI is InChI=1S/C16H21ClN4OS/c1-3-21(4-2)10-9-18-15(22)14-11-23-16(20-14)19-13-8-6-5-7-12(13)17/h5-8,11H,3-4,9-10H2,1-2H3,(H,18,22)(H,19,20). The number of anilines is 2. The van der Waals surface area contributed by atoms with E-state index in [0.717, 1.165) is 25.3 Å². The van der Waals surface area contributed by atoms with Gasteiger partial charge in [-0.25, -0.2) is 4.98 Å². The number of hydrogen-bond donors (Lipinski definition) is 2. The summed E-state index contributed by atoms with van der Waals surface area (Å²) in [5.74, 6) is -0.152. The third-order valence-corrected chi connectivity index (χ3v) is 4.55. The molecule has 0 saturated heterocycles. The highest BCUT2D eigenvalue weighted by Crippen LogP contribution is 2.26. The summed E-state index contributed by atoms with van der Waals surface area (Å²) in [7, 11) is 0. The molecular formula is C16H21ClN4OS. The second-order valence-electron chi connectivity index (χ2n) is 4.93. The van der Waals surface area contributed by atoms with Crippen molar-refractivity contribution in [2.75, 3.05) is 31.5 Å². The molecule has 1 aromatic carbocycles. The molecule has 5 nitrogen and oxygen atoms in total. The van der Waals surface area contributed by atoms with E-state index in [0.29, 0.717) is 22.4 Å². The number of thiazole rings is 1. The SMILES string of the molecule is CCN(CC)CCNC(=O)c1csc(Nc2ccccc2Cl)n1. The topological polar surface area (TPSA) is 57.3 Å². The number of carbonyl (C=O) groups is 1. The highest BCUT2D eigenvalue weighted by atomic mass is 35.5. The number of rotatable bonds is 8. The van der Waals surface area contributed by atoms with Crippen LogP contribution in [0.3, 0.4) is 0 Å². The maximum atomic E-state index is 12.1. The quantitative estimate of drug-likeness (QED) is 0.762. The zero-order valence-electron chi connectivity index (χ0n) is 13.3. The third-order valence-electron chi connectivity index (χ3n) is 3.46. The first-order valence-electron chi connectivity index (χ1n) is 7.61. The number of benzene rings is 1. The predicted molar refractivity (Wildman–Crippen MR) is 97.0 cm³/mol. The van der Waals surface area contributed by atoms with Gasteiger partial charge >= 0.3 is 0 Å². The molecule has 1 aromatic heterocycles. The van der Waals surface area contributed by atoms with Gasteiger partial charge in [0.15, 0.2) is 5.13 Å². The highest BCUT2D eigenvalue weighted by molar-refractivity contribution is 7.14. The Morgan fingerprint density at radius 3 is 2.74 bits per heavy atom. The third kappa shape index (κ3) is 5.20. The molecule has 0 saturated carbocycles. The lowest BCUT2D eigenvalue weighted by molar-refractivity contribution is 0.0944. The van der Waals surface area contributed by atoms with Crippen molar-refractivity contribution in [3.63, 3.8) is 0 Å². The minimum Gasteiger partial charge on any atom is -0.349 e. The fraction of sp³-hybridized carbons (Fsp3) is 0.375. The molecule has 0 aliphatic heterocycles. The van der Waals surface area contributed by atoms with Crippen LogP contribution in [0.2, 0.25) is 5.02 Å². The van der Waals surface area contributed by atoms with Crippen molar-refractivity contribution in [2.24, 2.45) is 0 Å². The molecule has 0 aliphatic rings. The van der Waals surface area contributed by atoms with E-state index in [-0.39, 0.29) is 5.91 Å². The summed E-state index contributed by atoms with van der Waals surface area (Å²) in [5.41, 5.74) is 1.20. The van der Waals surface area contributed by atoms with Crippen LogP contribution in [0.5, 0.6) is 0 Å². The molecule has 0 bridgehead atoms. The van der Waals surface area contributed by atoms with Crippen LogP contribution in [0.25, 0.3) is 0 Å². The number of para-hydroxylation sites is 1. The van der Waals surface area contributed by atoms with Gasteiger partial charge in [0.25, 0.3) is 5.91 Å². The van der Waals surface area contributed by atoms with E-state index >= 15 is 0 Å². The Labute approximate surface area is 145 Å². The summed E-state index contributed by atoms with van der Waals surface area (Å²) in [6.45, 7) is 7.64. The molecule has 1 heterocycles. The maximum Gasteiger partial charge on any atom is 0.270 e. The maximum absolute atomic E-state index is 12.1. The minimum atomic E-state index is -0.152. The van der Waals surface area contributed by atoms with Gasteiger partial charge in [-0.2, -0.15) is 0 Å². The Balaban J connectivity index is 1.89. The summed E-state index contributed by atoms with van der Waals surface area (Å²) < 4.78 is 0. The summed E-state index contributed by atoms with van der Waals surface area (Å²) in [6.07, 6.45) is 0. The first-order valence-corrected chi connectivity index (χ1v) is 8.87. The average molecular weight is 353 g/mol. The zero-order valence-corrected chi connectivity index (χ0v) is 14.9. The van der Waals surface area contributed by atoms with Gasteiger partial charge in [-0.15, -0.1) is 11.3 Å². The molecule has 2 N–H and O–H groups in total. The fourth-order valence-corrected chi connectivity index (χ4v) is 2.96. The molecule has 2 rings (SSSR count). The van der Waals surface area contributed by atoms with Gasteiger partial charge < -0.3 is 15.5 Å². The van der Waals surface area contributed by atoms with Crippen LogP contribution in [0, 0.1) is 0 Å². The fourth-order valence-electron chi connectivity index (χ4n) is 2.07. The summed E-state index contributed by atoms with van der Waals surface area (Å²) >= 11 is 7.48. The van der Waals surface area contributed by atoms with E-state index in [2.05, 4.69) is 34.4 Å². The van der Waals surface area contributed by atoms with Crippen molar-refractivity contribution < 1.29 is 4.79 Å². The Hall–Kier alpha value is -1.63. The number of hydrogen-bond acceptors (Lipinski definition) is 5. The smallest absolute Gasteiger partial charge is 0.270 e. The van der Waals surface area contributed by atoms with E-state index in [1.165, 1.54) is 11.3 Å². The number of aromatic nitrogens is 1. The Morgan fingerprint density at radius 2 is 2.04 bits per heavy atom. The van der Waals surface area contributed by atoms with Crippen molar-refractivity contribution in [1.82, 2.24) is 15.2 Å². The van der Waals surface area contributed by atoms with E-state index in [4.69, 9.17) is 11.6 Å². The lowest BCUT2D eigenvalue weighted by Crippen LogP contribution is -2.34. The number of nitrogens with zero attached hydrogens (tertiary/aromatic N) is 2. The second-order valence-corrected chi connectivity index (χ2v) is 6.19. The summed E-state index contributed by atoms with van der Waals surface area (Å²) in [5, 5.41) is 9.03. The van der Waals surface area contributed by atoms with Gasteiger partial charge in [0.1, 0.15) is 5.69 Å². The monoisotopic (exact) mass is 352 g/mol. The molecule has 1 amide bonds. The number of carbonyl (C=O) groups excluding carboxylic acids is 1. The molecule has 0 unspecified atom stereocenters. The Bertz CT molecular complexity index is 643. The van der Waals surface area contributed by atoms with Crippen molar-refractivity contribution in [1.29, 1.82) is 0 Å². The van der Waals surface area contributed by atoms with Crippen molar-refractivity contribution in [2.45, 2.75) is 13.8 Å². The lowest BCUT2D eigenvalue weighted by Gasteiger charge is -2.17. The number of nitrogens with one attached hydrogen (secondary N) is 2. The predicted octanol–water partition coefficient (Wildman–Crippen LogP) is 3.61. The van der Waals surface area contributed by atoms with Crippen LogP contribution in [0.4, 0.5) is 10.8 Å². The largest absolute Gasteiger partial charge is 0.349 e. The van der Waals surface area contributed by atoms with E-state index in [1.807, 2.05) is 18.2 Å². The van der Waals surface area contributed by atoms with Gasteiger partial charge in [-0.05, 0) is 25.2 Å². The molecule has 2 aromatic rings.